The molecule has 0 saturated carbocycles. The lowest BCUT2D eigenvalue weighted by Gasteiger charge is -2.19. The maximum atomic E-state index is 12.8. The molecular weight excluding hydrogens is 376 g/mol. The Morgan fingerprint density at radius 1 is 1.03 bits per heavy atom. The fourth-order valence-electron chi connectivity index (χ4n) is 3.77. The normalized spacial score (nSPS) is 16.2. The highest BCUT2D eigenvalue weighted by atomic mass is 16.2. The molecule has 1 aromatic heterocycles. The van der Waals surface area contributed by atoms with Gasteiger partial charge in [-0.2, -0.15) is 0 Å². The third kappa shape index (κ3) is 4.01. The minimum Gasteiger partial charge on any atom is -0.294 e. The van der Waals surface area contributed by atoms with Crippen LogP contribution in [0.25, 0.3) is 22.5 Å². The topological polar surface area (TPSA) is 87.1 Å². The quantitative estimate of drug-likeness (QED) is 0.610. The molecule has 0 fully saturated rings. The Hall–Kier alpha value is -3.35. The average molecular weight is 403 g/mol. The monoisotopic (exact) mass is 402 g/mol. The molecule has 154 valence electrons. The summed E-state index contributed by atoms with van der Waals surface area (Å²) in [6.07, 6.45) is 3.74. The van der Waals surface area contributed by atoms with Crippen LogP contribution in [0.15, 0.2) is 53.5 Å². The highest BCUT2D eigenvalue weighted by molar-refractivity contribution is 6.05. The molecule has 2 aromatic carbocycles. The molecule has 1 aliphatic heterocycles. The maximum Gasteiger partial charge on any atom is 0.253 e. The molecule has 0 bridgehead atoms. The number of unbranched alkanes of at least 4 members (excludes halogenated alkanes) is 1. The predicted octanol–water partition coefficient (Wildman–Crippen LogP) is 4.24. The molecule has 1 aliphatic rings. The van der Waals surface area contributed by atoms with Crippen molar-refractivity contribution >= 4 is 11.7 Å². The summed E-state index contributed by atoms with van der Waals surface area (Å²) in [5.74, 6) is 1.69. The highest BCUT2D eigenvalue weighted by Crippen LogP contribution is 2.30. The lowest BCUT2D eigenvalue weighted by atomic mass is 9.98. The number of hydrogen-bond acceptors (Lipinski definition) is 5. The minimum atomic E-state index is -0.224. The van der Waals surface area contributed by atoms with E-state index in [0.29, 0.717) is 12.4 Å². The van der Waals surface area contributed by atoms with E-state index >= 15 is 0 Å². The second-order valence-electron chi connectivity index (χ2n) is 7.49. The SMILES string of the molecule is CCCCC1=NC(CC)C(=O)N1Cc1ccc(-c2ccccc2-c2nnn[nH]2)cc1. The molecule has 7 nitrogen and oxygen atoms in total. The number of nitrogens with zero attached hydrogens (tertiary/aromatic N) is 5. The predicted molar refractivity (Wildman–Crippen MR) is 117 cm³/mol. The van der Waals surface area contributed by atoms with Crippen molar-refractivity contribution in [3.63, 3.8) is 0 Å². The smallest absolute Gasteiger partial charge is 0.253 e. The summed E-state index contributed by atoms with van der Waals surface area (Å²) in [5, 5.41) is 14.2. The first kappa shape index (κ1) is 19.9. The zero-order chi connectivity index (χ0) is 20.9. The third-order valence-corrected chi connectivity index (χ3v) is 5.44. The second-order valence-corrected chi connectivity index (χ2v) is 7.49. The maximum absolute atomic E-state index is 12.8. The molecule has 4 rings (SSSR count). The molecular formula is C23H26N6O. The van der Waals surface area contributed by atoms with Crippen molar-refractivity contribution in [3.05, 3.63) is 54.1 Å². The summed E-state index contributed by atoms with van der Waals surface area (Å²) >= 11 is 0. The Morgan fingerprint density at radius 2 is 1.80 bits per heavy atom. The largest absolute Gasteiger partial charge is 0.294 e. The number of aromatic amines is 1. The van der Waals surface area contributed by atoms with Crippen LogP contribution in [0.2, 0.25) is 0 Å². The number of H-pyrrole nitrogens is 1. The van der Waals surface area contributed by atoms with Crippen molar-refractivity contribution in [2.24, 2.45) is 4.99 Å². The van der Waals surface area contributed by atoms with Gasteiger partial charge in [0.05, 0.1) is 6.54 Å². The van der Waals surface area contributed by atoms with E-state index in [1.807, 2.05) is 30.0 Å². The van der Waals surface area contributed by atoms with Gasteiger partial charge in [-0.25, -0.2) is 5.10 Å². The number of aromatic nitrogens is 4. The molecule has 1 unspecified atom stereocenters. The van der Waals surface area contributed by atoms with Crippen molar-refractivity contribution < 1.29 is 4.79 Å². The van der Waals surface area contributed by atoms with E-state index in [0.717, 1.165) is 53.8 Å². The van der Waals surface area contributed by atoms with Gasteiger partial charge in [0.1, 0.15) is 11.9 Å². The van der Waals surface area contributed by atoms with Gasteiger partial charge in [0, 0.05) is 12.0 Å². The fraction of sp³-hybridized carbons (Fsp3) is 0.348. The Kier molecular flexibility index (Phi) is 5.97. The van der Waals surface area contributed by atoms with Crippen LogP contribution in [0.3, 0.4) is 0 Å². The Morgan fingerprint density at radius 3 is 2.47 bits per heavy atom. The van der Waals surface area contributed by atoms with Crippen LogP contribution >= 0.6 is 0 Å². The number of aliphatic imine (C=N–C) groups is 1. The number of hydrogen-bond donors (Lipinski definition) is 1. The van der Waals surface area contributed by atoms with Crippen LogP contribution in [0, 0.1) is 0 Å². The van der Waals surface area contributed by atoms with Gasteiger partial charge in [0.15, 0.2) is 5.82 Å². The lowest BCUT2D eigenvalue weighted by Crippen LogP contribution is -2.34. The van der Waals surface area contributed by atoms with Gasteiger partial charge in [-0.3, -0.25) is 14.7 Å². The van der Waals surface area contributed by atoms with Crippen LogP contribution in [-0.2, 0) is 11.3 Å². The number of benzene rings is 2. The standard InChI is InChI=1S/C23H26N6O/c1-3-5-10-21-24-20(4-2)23(30)29(21)15-16-11-13-17(14-12-16)18-8-6-7-9-19(18)22-25-27-28-26-22/h6-9,11-14,20H,3-5,10,15H2,1-2H3,(H,25,26,27,28). The Bertz CT molecular complexity index is 1030. The molecule has 0 saturated heterocycles. The van der Waals surface area contributed by atoms with Gasteiger partial charge in [-0.05, 0) is 40.0 Å². The van der Waals surface area contributed by atoms with Gasteiger partial charge in [0.2, 0.25) is 0 Å². The van der Waals surface area contributed by atoms with Crippen LogP contribution in [0.1, 0.15) is 45.1 Å². The van der Waals surface area contributed by atoms with Crippen molar-refractivity contribution in [2.75, 3.05) is 0 Å². The number of nitrogens with one attached hydrogen (secondary N) is 1. The van der Waals surface area contributed by atoms with Gasteiger partial charge in [-0.1, -0.05) is 68.8 Å². The van der Waals surface area contributed by atoms with E-state index in [2.05, 4.69) is 62.9 Å². The fourth-order valence-corrected chi connectivity index (χ4v) is 3.77. The third-order valence-electron chi connectivity index (χ3n) is 5.44. The van der Waals surface area contributed by atoms with E-state index in [1.54, 1.807) is 0 Å². The highest BCUT2D eigenvalue weighted by Gasteiger charge is 2.32. The molecule has 2 heterocycles. The molecule has 0 aliphatic carbocycles. The van der Waals surface area contributed by atoms with Crippen LogP contribution in [-0.4, -0.2) is 43.3 Å². The van der Waals surface area contributed by atoms with Crippen molar-refractivity contribution in [3.8, 4) is 22.5 Å². The molecule has 1 amide bonds. The molecule has 3 aromatic rings. The molecule has 30 heavy (non-hydrogen) atoms. The molecule has 0 radical (unpaired) electrons. The van der Waals surface area contributed by atoms with Gasteiger partial charge >= 0.3 is 0 Å². The molecule has 7 heteroatoms. The summed E-state index contributed by atoms with van der Waals surface area (Å²) in [6.45, 7) is 4.74. The first-order valence-corrected chi connectivity index (χ1v) is 10.5. The van der Waals surface area contributed by atoms with Crippen LogP contribution in [0.4, 0.5) is 0 Å². The first-order chi connectivity index (χ1) is 14.7. The van der Waals surface area contributed by atoms with Crippen molar-refractivity contribution in [1.29, 1.82) is 0 Å². The summed E-state index contributed by atoms with van der Waals surface area (Å²) in [7, 11) is 0. The van der Waals surface area contributed by atoms with E-state index in [9.17, 15) is 4.79 Å². The number of rotatable bonds is 8. The number of amides is 1. The Labute approximate surface area is 176 Å². The van der Waals surface area contributed by atoms with E-state index < -0.39 is 0 Å². The van der Waals surface area contributed by atoms with E-state index in [1.165, 1.54) is 0 Å². The average Bonchev–Trinajstić information content (AvgIpc) is 3.42. The van der Waals surface area contributed by atoms with Crippen molar-refractivity contribution in [1.82, 2.24) is 25.5 Å². The number of carbonyl (C=O) groups is 1. The summed E-state index contributed by atoms with van der Waals surface area (Å²) in [5.41, 5.74) is 4.16. The van der Waals surface area contributed by atoms with Gasteiger partial charge < -0.3 is 0 Å². The zero-order valence-electron chi connectivity index (χ0n) is 17.4. The number of carbonyl (C=O) groups excluding carboxylic acids is 1. The van der Waals surface area contributed by atoms with Gasteiger partial charge in [0.25, 0.3) is 5.91 Å². The summed E-state index contributed by atoms with van der Waals surface area (Å²) in [6, 6.07) is 16.1. The molecule has 1 N–H and O–H groups in total. The van der Waals surface area contributed by atoms with Crippen LogP contribution < -0.4 is 0 Å². The lowest BCUT2D eigenvalue weighted by molar-refractivity contribution is -0.127. The van der Waals surface area contributed by atoms with Crippen LogP contribution in [0.5, 0.6) is 0 Å². The summed E-state index contributed by atoms with van der Waals surface area (Å²) < 4.78 is 0. The number of amidine groups is 1. The van der Waals surface area contributed by atoms with E-state index in [-0.39, 0.29) is 11.9 Å². The van der Waals surface area contributed by atoms with E-state index in [4.69, 9.17) is 0 Å². The second kappa shape index (κ2) is 8.98. The van der Waals surface area contributed by atoms with Gasteiger partial charge in [-0.15, -0.1) is 5.10 Å². The zero-order valence-corrected chi connectivity index (χ0v) is 17.4. The summed E-state index contributed by atoms with van der Waals surface area (Å²) in [4.78, 5) is 19.3. The number of tetrazole rings is 1. The Balaban J connectivity index is 1.55. The molecule has 1 atom stereocenters. The molecule has 0 spiro atoms. The minimum absolute atomic E-state index is 0.121. The van der Waals surface area contributed by atoms with Crippen molar-refractivity contribution in [2.45, 2.75) is 52.1 Å². The first-order valence-electron chi connectivity index (χ1n) is 10.5.